The molecule has 3 aromatic rings. The van der Waals surface area contributed by atoms with E-state index in [0.29, 0.717) is 16.3 Å². The summed E-state index contributed by atoms with van der Waals surface area (Å²) in [6.45, 7) is 5.57. The Balaban J connectivity index is 1.92. The minimum absolute atomic E-state index is 0.0887. The fraction of sp³-hybridized carbons (Fsp3) is 0.353. The number of carbonyl (C=O) groups is 1. The molecule has 0 saturated carbocycles. The van der Waals surface area contributed by atoms with Crippen molar-refractivity contribution in [2.24, 2.45) is 0 Å². The number of rotatable bonds is 6. The van der Waals surface area contributed by atoms with Gasteiger partial charge in [-0.3, -0.25) is 9.78 Å². The van der Waals surface area contributed by atoms with Crippen LogP contribution in [0.2, 0.25) is 0 Å². The third kappa shape index (κ3) is 4.12. The van der Waals surface area contributed by atoms with Crippen molar-refractivity contribution in [2.45, 2.75) is 32.9 Å². The number of pyridine rings is 1. The van der Waals surface area contributed by atoms with Gasteiger partial charge in [-0.05, 0) is 32.4 Å². The van der Waals surface area contributed by atoms with Crippen LogP contribution in [0.15, 0.2) is 24.5 Å². The SMILES string of the molecule is Cc1nc2nc(N[C@@H](C)c3cccnc3)nc(C(=O)NCC(C)O)c2s1. The maximum Gasteiger partial charge on any atom is 0.271 e. The van der Waals surface area contributed by atoms with Crippen LogP contribution in [0.3, 0.4) is 0 Å². The second-order valence-corrected chi connectivity index (χ2v) is 7.20. The molecule has 8 nitrogen and oxygen atoms in total. The lowest BCUT2D eigenvalue weighted by Gasteiger charge is -2.14. The summed E-state index contributed by atoms with van der Waals surface area (Å²) in [5.74, 6) is -0.0413. The van der Waals surface area contributed by atoms with E-state index in [0.717, 1.165) is 10.6 Å². The third-order valence-electron chi connectivity index (χ3n) is 3.66. The molecule has 0 aliphatic carbocycles. The Morgan fingerprint density at radius 3 is 2.81 bits per heavy atom. The lowest BCUT2D eigenvalue weighted by molar-refractivity contribution is 0.0921. The maximum atomic E-state index is 12.5. The summed E-state index contributed by atoms with van der Waals surface area (Å²) in [5, 5.41) is 16.1. The van der Waals surface area contributed by atoms with Crippen molar-refractivity contribution in [3.8, 4) is 0 Å². The minimum Gasteiger partial charge on any atom is -0.392 e. The number of hydrogen-bond acceptors (Lipinski definition) is 8. The molecule has 0 aliphatic heterocycles. The monoisotopic (exact) mass is 372 g/mol. The molecule has 0 spiro atoms. The molecule has 3 heterocycles. The van der Waals surface area contributed by atoms with Gasteiger partial charge in [-0.2, -0.15) is 4.98 Å². The number of carbonyl (C=O) groups excluding carboxylic acids is 1. The molecule has 136 valence electrons. The number of nitrogens with one attached hydrogen (secondary N) is 2. The fourth-order valence-electron chi connectivity index (χ4n) is 2.38. The maximum absolute atomic E-state index is 12.5. The van der Waals surface area contributed by atoms with E-state index in [4.69, 9.17) is 0 Å². The van der Waals surface area contributed by atoms with Gasteiger partial charge in [0, 0.05) is 18.9 Å². The predicted octanol–water partition coefficient (Wildman–Crippen LogP) is 2.07. The third-order valence-corrected chi connectivity index (χ3v) is 4.63. The zero-order valence-corrected chi connectivity index (χ0v) is 15.5. The number of hydrogen-bond donors (Lipinski definition) is 3. The number of aryl methyl sites for hydroxylation is 1. The van der Waals surface area contributed by atoms with Gasteiger partial charge >= 0.3 is 0 Å². The first-order chi connectivity index (χ1) is 12.4. The Labute approximate surface area is 154 Å². The average Bonchev–Trinajstić information content (AvgIpc) is 2.99. The van der Waals surface area contributed by atoms with E-state index in [-0.39, 0.29) is 24.2 Å². The van der Waals surface area contributed by atoms with Crippen molar-refractivity contribution in [2.75, 3.05) is 11.9 Å². The summed E-state index contributed by atoms with van der Waals surface area (Å²) in [6, 6.07) is 3.72. The second-order valence-electron chi connectivity index (χ2n) is 5.99. The summed E-state index contributed by atoms with van der Waals surface area (Å²) in [6.07, 6.45) is 2.84. The molecule has 3 aromatic heterocycles. The van der Waals surface area contributed by atoms with E-state index < -0.39 is 6.10 Å². The van der Waals surface area contributed by atoms with Crippen LogP contribution in [0.5, 0.6) is 0 Å². The van der Waals surface area contributed by atoms with Gasteiger partial charge < -0.3 is 15.7 Å². The molecule has 26 heavy (non-hydrogen) atoms. The molecule has 9 heteroatoms. The molecule has 0 bridgehead atoms. The van der Waals surface area contributed by atoms with Gasteiger partial charge in [0.25, 0.3) is 5.91 Å². The van der Waals surface area contributed by atoms with Crippen LogP contribution in [0, 0.1) is 6.92 Å². The number of fused-ring (bicyclic) bond motifs is 1. The van der Waals surface area contributed by atoms with Gasteiger partial charge in [-0.25, -0.2) is 9.97 Å². The van der Waals surface area contributed by atoms with Crippen molar-refractivity contribution in [1.29, 1.82) is 0 Å². The van der Waals surface area contributed by atoms with Gasteiger partial charge in [0.2, 0.25) is 5.95 Å². The Hall–Kier alpha value is -2.65. The van der Waals surface area contributed by atoms with E-state index in [2.05, 4.69) is 30.6 Å². The molecule has 1 amide bonds. The highest BCUT2D eigenvalue weighted by atomic mass is 32.1. The molecule has 0 saturated heterocycles. The summed E-state index contributed by atoms with van der Waals surface area (Å²) in [5.41, 5.74) is 1.71. The van der Waals surface area contributed by atoms with Crippen molar-refractivity contribution < 1.29 is 9.90 Å². The number of anilines is 1. The Morgan fingerprint density at radius 1 is 1.31 bits per heavy atom. The van der Waals surface area contributed by atoms with Crippen molar-refractivity contribution in [1.82, 2.24) is 25.3 Å². The molecule has 0 aromatic carbocycles. The normalized spacial score (nSPS) is 13.4. The minimum atomic E-state index is -0.636. The van der Waals surface area contributed by atoms with Crippen LogP contribution < -0.4 is 10.6 Å². The quantitative estimate of drug-likeness (QED) is 0.607. The number of thiazole rings is 1. The van der Waals surface area contributed by atoms with Crippen LogP contribution in [0.4, 0.5) is 5.95 Å². The van der Waals surface area contributed by atoms with Crippen molar-refractivity contribution in [3.05, 3.63) is 40.8 Å². The number of aliphatic hydroxyl groups excluding tert-OH is 1. The van der Waals surface area contributed by atoms with Crippen molar-refractivity contribution in [3.63, 3.8) is 0 Å². The molecule has 1 unspecified atom stereocenters. The molecule has 3 rings (SSSR count). The van der Waals surface area contributed by atoms with Crippen LogP contribution in [-0.4, -0.2) is 43.6 Å². The summed E-state index contributed by atoms with van der Waals surface area (Å²) in [4.78, 5) is 29.8. The van der Waals surface area contributed by atoms with Crippen molar-refractivity contribution >= 4 is 33.5 Å². The molecule has 3 N–H and O–H groups in total. The second kappa shape index (κ2) is 7.71. The van der Waals surface area contributed by atoms with E-state index in [1.54, 1.807) is 19.3 Å². The van der Waals surface area contributed by atoms with Crippen LogP contribution in [-0.2, 0) is 0 Å². The smallest absolute Gasteiger partial charge is 0.271 e. The molecule has 0 radical (unpaired) electrons. The van der Waals surface area contributed by atoms with E-state index in [9.17, 15) is 9.90 Å². The predicted molar refractivity (Wildman–Crippen MR) is 100 cm³/mol. The molecule has 0 aliphatic rings. The number of amides is 1. The van der Waals surface area contributed by atoms with E-state index >= 15 is 0 Å². The Bertz CT molecular complexity index is 912. The van der Waals surface area contributed by atoms with Gasteiger partial charge in [-0.15, -0.1) is 11.3 Å². The van der Waals surface area contributed by atoms with Crippen LogP contribution in [0.1, 0.15) is 40.9 Å². The van der Waals surface area contributed by atoms with Gasteiger partial charge in [0.05, 0.1) is 17.2 Å². The number of aromatic nitrogens is 4. The summed E-state index contributed by atoms with van der Waals surface area (Å²) < 4.78 is 0.630. The highest BCUT2D eigenvalue weighted by Crippen LogP contribution is 2.25. The van der Waals surface area contributed by atoms with E-state index in [1.165, 1.54) is 11.3 Å². The molecule has 0 fully saturated rings. The molecular formula is C17H20N6O2S. The zero-order valence-electron chi connectivity index (χ0n) is 14.7. The fourth-order valence-corrected chi connectivity index (χ4v) is 3.22. The van der Waals surface area contributed by atoms with Gasteiger partial charge in [-0.1, -0.05) is 6.07 Å². The molecular weight excluding hydrogens is 352 g/mol. The lowest BCUT2D eigenvalue weighted by Crippen LogP contribution is -2.31. The van der Waals surface area contributed by atoms with Crippen LogP contribution >= 0.6 is 11.3 Å². The average molecular weight is 372 g/mol. The first-order valence-electron chi connectivity index (χ1n) is 8.22. The Kier molecular flexibility index (Phi) is 5.38. The number of aliphatic hydroxyl groups is 1. The van der Waals surface area contributed by atoms with Gasteiger partial charge in [0.1, 0.15) is 4.70 Å². The zero-order chi connectivity index (χ0) is 18.7. The first kappa shape index (κ1) is 18.2. The van der Waals surface area contributed by atoms with E-state index in [1.807, 2.05) is 26.0 Å². The largest absolute Gasteiger partial charge is 0.392 e. The standard InChI is InChI=1S/C17H20N6O2S/c1-9(24)7-19-16(25)13-14-15(21-11(3)26-14)23-17(22-13)20-10(2)12-5-4-6-18-8-12/h4-6,8-10,24H,7H2,1-3H3,(H,19,25)(H,20,22,23)/t9?,10-/m0/s1. The highest BCUT2D eigenvalue weighted by Gasteiger charge is 2.19. The summed E-state index contributed by atoms with van der Waals surface area (Å²) >= 11 is 1.37. The number of nitrogens with zero attached hydrogens (tertiary/aromatic N) is 4. The van der Waals surface area contributed by atoms with Crippen LogP contribution in [0.25, 0.3) is 10.3 Å². The van der Waals surface area contributed by atoms with Gasteiger partial charge in [0.15, 0.2) is 11.3 Å². The Morgan fingerprint density at radius 2 is 2.12 bits per heavy atom. The lowest BCUT2D eigenvalue weighted by atomic mass is 10.1. The topological polar surface area (TPSA) is 113 Å². The molecule has 2 atom stereocenters. The first-order valence-corrected chi connectivity index (χ1v) is 9.03. The highest BCUT2D eigenvalue weighted by molar-refractivity contribution is 7.18. The summed E-state index contributed by atoms with van der Waals surface area (Å²) in [7, 11) is 0.